The third kappa shape index (κ3) is 36.6. The van der Waals surface area contributed by atoms with E-state index in [0.29, 0.717) is 25.7 Å². The van der Waals surface area contributed by atoms with E-state index in [1.807, 2.05) is 18.2 Å². The van der Waals surface area contributed by atoms with Crippen LogP contribution in [0.1, 0.15) is 149 Å². The van der Waals surface area contributed by atoms with Crippen LogP contribution in [-0.4, -0.2) is 76.9 Å². The number of carbonyl (C=O) groups excluding carboxylic acids is 2. The normalized spacial score (nSPS) is 15.2. The molecular weight excluding hydrogens is 699 g/mol. The molecule has 0 rings (SSSR count). The van der Waals surface area contributed by atoms with Gasteiger partial charge in [0.1, 0.15) is 12.7 Å². The van der Waals surface area contributed by atoms with Gasteiger partial charge in [0, 0.05) is 12.8 Å². The van der Waals surface area contributed by atoms with Gasteiger partial charge in [0.25, 0.3) is 0 Å². The summed E-state index contributed by atoms with van der Waals surface area (Å²) in [5.74, 6) is -0.245. The molecule has 0 heterocycles. The second-order valence-corrected chi connectivity index (χ2v) is 15.4. The molecule has 0 aromatic heterocycles. The van der Waals surface area contributed by atoms with Crippen molar-refractivity contribution in [2.24, 2.45) is 5.92 Å². The van der Waals surface area contributed by atoms with Crippen molar-refractivity contribution in [3.63, 3.8) is 0 Å². The van der Waals surface area contributed by atoms with Gasteiger partial charge < -0.3 is 29.7 Å². The van der Waals surface area contributed by atoms with Gasteiger partial charge in [0.15, 0.2) is 6.10 Å². The lowest BCUT2D eigenvalue weighted by molar-refractivity contribution is -0.161. The van der Waals surface area contributed by atoms with Crippen LogP contribution in [0, 0.1) is 5.92 Å². The van der Waals surface area contributed by atoms with Crippen LogP contribution in [0.4, 0.5) is 0 Å². The highest BCUT2D eigenvalue weighted by atomic mass is 31.2. The van der Waals surface area contributed by atoms with Gasteiger partial charge in [0.05, 0.1) is 25.9 Å². The van der Waals surface area contributed by atoms with Crippen LogP contribution in [0.2, 0.25) is 0 Å². The zero-order chi connectivity index (χ0) is 39.4. The number of phosphoric acid groups is 1. The lowest BCUT2D eigenvalue weighted by Crippen LogP contribution is -2.29. The van der Waals surface area contributed by atoms with Crippen LogP contribution in [0.25, 0.3) is 0 Å². The summed E-state index contributed by atoms with van der Waals surface area (Å²) in [5, 5.41) is 28.0. The molecule has 0 saturated heterocycles. The predicted molar refractivity (Wildman–Crippen MR) is 211 cm³/mol. The fourth-order valence-electron chi connectivity index (χ4n) is 5.13. The molecule has 4 N–H and O–H groups in total. The van der Waals surface area contributed by atoms with Crippen molar-refractivity contribution in [1.82, 2.24) is 0 Å². The van der Waals surface area contributed by atoms with E-state index >= 15 is 0 Å². The summed E-state index contributed by atoms with van der Waals surface area (Å²) in [7, 11) is -4.64. The Morgan fingerprint density at radius 3 is 1.75 bits per heavy atom. The summed E-state index contributed by atoms with van der Waals surface area (Å²) in [6, 6.07) is 0. The summed E-state index contributed by atoms with van der Waals surface area (Å²) < 4.78 is 32.5. The highest BCUT2D eigenvalue weighted by Crippen LogP contribution is 2.43. The molecule has 0 bridgehead atoms. The number of aliphatic hydroxyl groups excluding tert-OH is 3. The Balaban J connectivity index is 4.48. The molecule has 0 radical (unpaired) electrons. The molecule has 0 aliphatic rings. The molecule has 0 saturated carbocycles. The largest absolute Gasteiger partial charge is 0.472 e. The van der Waals surface area contributed by atoms with E-state index < -0.39 is 51.8 Å². The first-order chi connectivity index (χ1) is 25.5. The average molecular weight is 773 g/mol. The molecule has 0 aliphatic carbocycles. The van der Waals surface area contributed by atoms with Gasteiger partial charge in [-0.25, -0.2) is 4.57 Å². The Kier molecular flexibility index (Phi) is 34.2. The van der Waals surface area contributed by atoms with Crippen molar-refractivity contribution < 1.29 is 52.9 Å². The molecule has 11 nitrogen and oxygen atoms in total. The monoisotopic (exact) mass is 772 g/mol. The van der Waals surface area contributed by atoms with Crippen LogP contribution in [0.3, 0.4) is 0 Å². The standard InChI is InChI=1S/C41H73O11P/c1-4-27-37(43)29-24-20-16-12-8-6-5-7-9-13-18-22-26-31-41(46)52-39(35-51-53(47,48)50-33-38(44)32-42)34-49-40(45)30-25-21-17-14-10-11-15-19-23-28-36(2)3/h5,7-8,12-13,18,20,24,36-39,42-44H,4,6,9-11,14-17,19,21-23,25-35H2,1-3H3,(H,47,48)/b7-5-,12-8-,18-13-,24-20-/t37?,38-,39+/m0/s1. The van der Waals surface area contributed by atoms with Crippen molar-refractivity contribution in [3.8, 4) is 0 Å². The van der Waals surface area contributed by atoms with Crippen LogP contribution >= 0.6 is 7.82 Å². The van der Waals surface area contributed by atoms with Gasteiger partial charge in [-0.05, 0) is 57.3 Å². The van der Waals surface area contributed by atoms with E-state index in [9.17, 15) is 29.3 Å². The molecule has 0 spiro atoms. The lowest BCUT2D eigenvalue weighted by Gasteiger charge is -2.20. The van der Waals surface area contributed by atoms with Gasteiger partial charge in [-0.15, -0.1) is 0 Å². The molecular formula is C41H73O11P. The maximum Gasteiger partial charge on any atom is 0.472 e. The maximum absolute atomic E-state index is 12.6. The second kappa shape index (κ2) is 35.6. The van der Waals surface area contributed by atoms with Gasteiger partial charge in [-0.3, -0.25) is 18.6 Å². The molecule has 4 atom stereocenters. The lowest BCUT2D eigenvalue weighted by atomic mass is 10.0. The second-order valence-electron chi connectivity index (χ2n) is 14.0. The van der Waals surface area contributed by atoms with Gasteiger partial charge in [0.2, 0.25) is 0 Å². The first kappa shape index (κ1) is 50.9. The van der Waals surface area contributed by atoms with Crippen LogP contribution < -0.4 is 0 Å². The number of phosphoric ester groups is 1. The Labute approximate surface area is 320 Å². The maximum atomic E-state index is 12.6. The topological polar surface area (TPSA) is 169 Å². The number of rotatable bonds is 36. The Hall–Kier alpha value is -2.11. The van der Waals surface area contributed by atoms with Crippen molar-refractivity contribution in [3.05, 3.63) is 48.6 Å². The van der Waals surface area contributed by atoms with E-state index in [1.54, 1.807) is 0 Å². The summed E-state index contributed by atoms with van der Waals surface area (Å²) >= 11 is 0. The first-order valence-electron chi connectivity index (χ1n) is 20.0. The first-order valence-corrected chi connectivity index (χ1v) is 21.5. The van der Waals surface area contributed by atoms with E-state index in [0.717, 1.165) is 57.3 Å². The number of hydrogen-bond acceptors (Lipinski definition) is 10. The number of hydrogen-bond donors (Lipinski definition) is 4. The predicted octanol–water partition coefficient (Wildman–Crippen LogP) is 8.99. The molecule has 0 amide bonds. The molecule has 0 aromatic carbocycles. The van der Waals surface area contributed by atoms with Crippen molar-refractivity contribution in [2.75, 3.05) is 26.4 Å². The van der Waals surface area contributed by atoms with Crippen LogP contribution in [0.15, 0.2) is 48.6 Å². The molecule has 308 valence electrons. The number of unbranched alkanes of at least 4 members (excludes halogenated alkanes) is 9. The number of carbonyl (C=O) groups is 2. The highest BCUT2D eigenvalue weighted by Gasteiger charge is 2.27. The minimum absolute atomic E-state index is 0.0926. The molecule has 2 unspecified atom stereocenters. The van der Waals surface area contributed by atoms with Crippen molar-refractivity contribution in [1.29, 1.82) is 0 Å². The fraction of sp³-hybridized carbons (Fsp3) is 0.756. The molecule has 53 heavy (non-hydrogen) atoms. The molecule has 0 aromatic rings. The van der Waals surface area contributed by atoms with E-state index in [-0.39, 0.29) is 25.6 Å². The van der Waals surface area contributed by atoms with E-state index in [1.165, 1.54) is 38.5 Å². The highest BCUT2D eigenvalue weighted by molar-refractivity contribution is 7.47. The number of aliphatic hydroxyl groups is 3. The SMILES string of the molecule is CCCC(O)C/C=C\C/C=C\C/C=C\C/C=C\CCCC(=O)O[C@H](COC(=O)CCCCCCCCCCCC(C)C)COP(=O)(O)OC[C@@H](O)CO. The number of esters is 2. The zero-order valence-electron chi connectivity index (χ0n) is 33.0. The smallest absolute Gasteiger partial charge is 0.462 e. The summed E-state index contributed by atoms with van der Waals surface area (Å²) in [6.45, 7) is 4.37. The van der Waals surface area contributed by atoms with Crippen molar-refractivity contribution in [2.45, 2.75) is 167 Å². The quantitative estimate of drug-likeness (QED) is 0.0208. The number of ether oxygens (including phenoxy) is 2. The summed E-state index contributed by atoms with van der Waals surface area (Å²) in [4.78, 5) is 34.8. The van der Waals surface area contributed by atoms with E-state index in [4.69, 9.17) is 19.1 Å². The van der Waals surface area contributed by atoms with E-state index in [2.05, 4.69) is 55.7 Å². The van der Waals surface area contributed by atoms with Crippen molar-refractivity contribution >= 4 is 19.8 Å². The van der Waals surface area contributed by atoms with Gasteiger partial charge in [-0.1, -0.05) is 134 Å². The molecule has 0 fully saturated rings. The summed E-state index contributed by atoms with van der Waals surface area (Å²) in [5.41, 5.74) is 0. The minimum atomic E-state index is -4.64. The number of allylic oxidation sites excluding steroid dienone is 7. The zero-order valence-corrected chi connectivity index (χ0v) is 33.9. The Morgan fingerprint density at radius 2 is 1.17 bits per heavy atom. The molecule has 12 heteroatoms. The van der Waals surface area contributed by atoms with Gasteiger partial charge in [-0.2, -0.15) is 0 Å². The third-order valence-corrected chi connectivity index (χ3v) is 9.17. The van der Waals surface area contributed by atoms with Crippen LogP contribution in [0.5, 0.6) is 0 Å². The third-order valence-electron chi connectivity index (χ3n) is 8.22. The average Bonchev–Trinajstić information content (AvgIpc) is 3.12. The minimum Gasteiger partial charge on any atom is -0.462 e. The fourth-order valence-corrected chi connectivity index (χ4v) is 5.92. The van der Waals surface area contributed by atoms with Crippen LogP contribution in [-0.2, 0) is 32.7 Å². The Bertz CT molecular complexity index is 1060. The summed E-state index contributed by atoms with van der Waals surface area (Å²) in [6.07, 6.45) is 31.6. The Morgan fingerprint density at radius 1 is 0.642 bits per heavy atom. The molecule has 0 aliphatic heterocycles. The van der Waals surface area contributed by atoms with Gasteiger partial charge >= 0.3 is 19.8 Å².